The number of pyridine rings is 1. The molecule has 0 aliphatic carbocycles. The molecule has 3 rings (SSSR count). The highest BCUT2D eigenvalue weighted by molar-refractivity contribution is 9.10. The van der Waals surface area contributed by atoms with Gasteiger partial charge in [-0.25, -0.2) is 17.4 Å². The Morgan fingerprint density at radius 3 is 2.52 bits per heavy atom. The van der Waals surface area contributed by atoms with Crippen molar-refractivity contribution in [3.05, 3.63) is 52.8 Å². The molecule has 3 aromatic rings. The zero-order valence-corrected chi connectivity index (χ0v) is 13.5. The van der Waals surface area contributed by atoms with Crippen LogP contribution in [0.5, 0.6) is 0 Å². The van der Waals surface area contributed by atoms with Crippen molar-refractivity contribution in [2.75, 3.05) is 5.73 Å². The van der Waals surface area contributed by atoms with Gasteiger partial charge in [0.15, 0.2) is 5.65 Å². The molecule has 2 aromatic heterocycles. The first-order valence-electron chi connectivity index (χ1n) is 6.14. The van der Waals surface area contributed by atoms with E-state index in [0.29, 0.717) is 21.2 Å². The Morgan fingerprint density at radius 1 is 1.19 bits per heavy atom. The molecule has 0 atom stereocenters. The van der Waals surface area contributed by atoms with Crippen molar-refractivity contribution in [2.45, 2.75) is 11.8 Å². The zero-order valence-electron chi connectivity index (χ0n) is 11.1. The lowest BCUT2D eigenvalue weighted by molar-refractivity contribution is 0.588. The van der Waals surface area contributed by atoms with Gasteiger partial charge in [0.1, 0.15) is 0 Å². The van der Waals surface area contributed by atoms with Crippen LogP contribution in [0.4, 0.5) is 5.69 Å². The second kappa shape index (κ2) is 4.85. The number of nitrogens with two attached hydrogens (primary N) is 1. The van der Waals surface area contributed by atoms with Crippen LogP contribution in [0, 0.1) is 6.92 Å². The number of hydrogen-bond donors (Lipinski definition) is 1. The second-order valence-corrected chi connectivity index (χ2v) is 7.30. The highest BCUT2D eigenvalue weighted by atomic mass is 79.9. The van der Waals surface area contributed by atoms with Gasteiger partial charge in [-0.1, -0.05) is 17.7 Å². The maximum atomic E-state index is 12.7. The van der Waals surface area contributed by atoms with Gasteiger partial charge in [-0.3, -0.25) is 0 Å². The van der Waals surface area contributed by atoms with Crippen LogP contribution in [-0.2, 0) is 10.0 Å². The van der Waals surface area contributed by atoms with Gasteiger partial charge in [-0.05, 0) is 41.1 Å². The number of nitrogens with zero attached hydrogens (tertiary/aromatic N) is 2. The number of anilines is 1. The quantitative estimate of drug-likeness (QED) is 0.757. The summed E-state index contributed by atoms with van der Waals surface area (Å²) in [6.45, 7) is 1.91. The number of fused-ring (bicyclic) bond motifs is 1. The number of hydrogen-bond acceptors (Lipinski definition) is 4. The zero-order chi connectivity index (χ0) is 15.2. The van der Waals surface area contributed by atoms with Crippen LogP contribution in [0.25, 0.3) is 11.0 Å². The van der Waals surface area contributed by atoms with E-state index in [9.17, 15) is 8.42 Å². The van der Waals surface area contributed by atoms with E-state index in [1.807, 2.05) is 6.92 Å². The second-order valence-electron chi connectivity index (χ2n) is 4.69. The van der Waals surface area contributed by atoms with Gasteiger partial charge < -0.3 is 5.73 Å². The summed E-state index contributed by atoms with van der Waals surface area (Å²) in [7, 11) is -3.68. The van der Waals surface area contributed by atoms with Crippen LogP contribution in [-0.4, -0.2) is 17.4 Å². The van der Waals surface area contributed by atoms with Crippen molar-refractivity contribution < 1.29 is 8.42 Å². The molecule has 0 fully saturated rings. The average molecular weight is 366 g/mol. The smallest absolute Gasteiger partial charge is 0.269 e. The Bertz CT molecular complexity index is 931. The lowest BCUT2D eigenvalue weighted by Crippen LogP contribution is -2.12. The lowest BCUT2D eigenvalue weighted by Gasteiger charge is -2.08. The fraction of sp³-hybridized carbons (Fsp3) is 0.0714. The monoisotopic (exact) mass is 365 g/mol. The van der Waals surface area contributed by atoms with Crippen LogP contribution in [0.3, 0.4) is 0 Å². The highest BCUT2D eigenvalue weighted by Gasteiger charge is 2.20. The number of aryl methyl sites for hydroxylation is 1. The molecule has 0 aliphatic rings. The molecule has 0 saturated carbocycles. The van der Waals surface area contributed by atoms with Gasteiger partial charge in [-0.2, -0.15) is 0 Å². The Kier molecular flexibility index (Phi) is 3.26. The summed E-state index contributed by atoms with van der Waals surface area (Å²) in [5.41, 5.74) is 7.57. The molecule has 0 aliphatic heterocycles. The van der Waals surface area contributed by atoms with E-state index in [-0.39, 0.29) is 4.90 Å². The molecule has 7 heteroatoms. The SMILES string of the molecule is Cc1ccc(S(=O)(=O)n2ccc3c(Br)c(N)cnc32)cc1. The normalized spacial score (nSPS) is 11.9. The first-order valence-corrected chi connectivity index (χ1v) is 8.38. The molecule has 5 nitrogen and oxygen atoms in total. The Hall–Kier alpha value is -1.86. The van der Waals surface area contributed by atoms with Crippen molar-refractivity contribution in [1.82, 2.24) is 8.96 Å². The Balaban J connectivity index is 2.25. The third kappa shape index (κ3) is 2.22. The highest BCUT2D eigenvalue weighted by Crippen LogP contribution is 2.30. The Morgan fingerprint density at radius 2 is 1.86 bits per heavy atom. The molecule has 108 valence electrons. The molecule has 21 heavy (non-hydrogen) atoms. The molecule has 1 aromatic carbocycles. The van der Waals surface area contributed by atoms with E-state index in [0.717, 1.165) is 9.54 Å². The van der Waals surface area contributed by atoms with E-state index in [1.165, 1.54) is 12.4 Å². The summed E-state index contributed by atoms with van der Waals surface area (Å²) >= 11 is 3.35. The van der Waals surface area contributed by atoms with E-state index >= 15 is 0 Å². The lowest BCUT2D eigenvalue weighted by atomic mass is 10.2. The number of rotatable bonds is 2. The van der Waals surface area contributed by atoms with Gasteiger partial charge >= 0.3 is 0 Å². The molecular formula is C14H12BrN3O2S. The molecule has 0 unspecified atom stereocenters. The summed E-state index contributed by atoms with van der Waals surface area (Å²) < 4.78 is 27.2. The predicted molar refractivity (Wildman–Crippen MR) is 85.6 cm³/mol. The number of benzene rings is 1. The summed E-state index contributed by atoms with van der Waals surface area (Å²) in [6, 6.07) is 8.38. The summed E-state index contributed by atoms with van der Waals surface area (Å²) in [5, 5.41) is 0.658. The summed E-state index contributed by atoms with van der Waals surface area (Å²) in [6.07, 6.45) is 2.92. The molecule has 0 spiro atoms. The van der Waals surface area contributed by atoms with Crippen LogP contribution < -0.4 is 5.73 Å². The number of nitrogen functional groups attached to an aromatic ring is 1. The maximum Gasteiger partial charge on any atom is 0.269 e. The third-order valence-corrected chi connectivity index (χ3v) is 5.79. The minimum atomic E-state index is -3.68. The van der Waals surface area contributed by atoms with E-state index < -0.39 is 10.0 Å². The van der Waals surface area contributed by atoms with E-state index in [4.69, 9.17) is 5.73 Å². The number of halogens is 1. The number of aromatic nitrogens is 2. The molecular weight excluding hydrogens is 354 g/mol. The van der Waals surface area contributed by atoms with Crippen LogP contribution in [0.1, 0.15) is 5.56 Å². The third-order valence-electron chi connectivity index (χ3n) is 3.22. The van der Waals surface area contributed by atoms with Crippen molar-refractivity contribution in [2.24, 2.45) is 0 Å². The molecule has 0 radical (unpaired) electrons. The average Bonchev–Trinajstić information content (AvgIpc) is 2.89. The largest absolute Gasteiger partial charge is 0.397 e. The fourth-order valence-electron chi connectivity index (χ4n) is 2.06. The van der Waals surface area contributed by atoms with Crippen LogP contribution in [0.2, 0.25) is 0 Å². The van der Waals surface area contributed by atoms with E-state index in [1.54, 1.807) is 30.3 Å². The van der Waals surface area contributed by atoms with Gasteiger partial charge in [0, 0.05) is 11.6 Å². The first-order chi connectivity index (χ1) is 9.91. The Labute approximate surface area is 130 Å². The van der Waals surface area contributed by atoms with Gasteiger partial charge in [0.05, 0.1) is 21.3 Å². The minimum absolute atomic E-state index is 0.223. The van der Waals surface area contributed by atoms with Crippen molar-refractivity contribution in [1.29, 1.82) is 0 Å². The van der Waals surface area contributed by atoms with Crippen molar-refractivity contribution in [3.8, 4) is 0 Å². The molecule has 2 N–H and O–H groups in total. The molecule has 0 bridgehead atoms. The van der Waals surface area contributed by atoms with Gasteiger partial charge in [0.2, 0.25) is 0 Å². The molecule has 2 heterocycles. The predicted octanol–water partition coefficient (Wildman–Crippen LogP) is 2.93. The van der Waals surface area contributed by atoms with Crippen molar-refractivity contribution >= 4 is 42.7 Å². The topological polar surface area (TPSA) is 78.0 Å². The van der Waals surface area contributed by atoms with Gasteiger partial charge in [0.25, 0.3) is 10.0 Å². The minimum Gasteiger partial charge on any atom is -0.397 e. The van der Waals surface area contributed by atoms with Crippen LogP contribution in [0.15, 0.2) is 52.1 Å². The standard InChI is InChI=1S/C14H12BrN3O2S/c1-9-2-4-10(5-3-9)21(19,20)18-7-6-11-13(15)12(16)8-17-14(11)18/h2-8H,16H2,1H3. The first kappa shape index (κ1) is 14.1. The summed E-state index contributed by atoms with van der Waals surface area (Å²) in [4.78, 5) is 4.36. The van der Waals surface area contributed by atoms with Crippen LogP contribution >= 0.6 is 15.9 Å². The van der Waals surface area contributed by atoms with Crippen molar-refractivity contribution in [3.63, 3.8) is 0 Å². The maximum absolute atomic E-state index is 12.7. The fourth-order valence-corrected chi connectivity index (χ4v) is 3.78. The molecule has 0 saturated heterocycles. The molecule has 0 amide bonds. The van der Waals surface area contributed by atoms with E-state index in [2.05, 4.69) is 20.9 Å². The van der Waals surface area contributed by atoms with Gasteiger partial charge in [-0.15, -0.1) is 0 Å². The summed E-state index contributed by atoms with van der Waals surface area (Å²) in [5.74, 6) is 0.